The van der Waals surface area contributed by atoms with Crippen molar-refractivity contribution in [3.63, 3.8) is 0 Å². The van der Waals surface area contributed by atoms with Gasteiger partial charge in [0, 0.05) is 32.2 Å². The summed E-state index contributed by atoms with van der Waals surface area (Å²) in [5, 5.41) is 0. The van der Waals surface area contributed by atoms with Crippen molar-refractivity contribution < 1.29 is 14.3 Å². The lowest BCUT2D eigenvalue weighted by molar-refractivity contribution is -0.130. The van der Waals surface area contributed by atoms with Crippen LogP contribution in [0.3, 0.4) is 0 Å². The predicted molar refractivity (Wildman–Crippen MR) is 108 cm³/mol. The fourth-order valence-corrected chi connectivity index (χ4v) is 3.18. The molecule has 1 aromatic carbocycles. The first kappa shape index (κ1) is 19.9. The van der Waals surface area contributed by atoms with Crippen molar-refractivity contribution in [2.24, 2.45) is 0 Å². The Bertz CT molecular complexity index is 787. The van der Waals surface area contributed by atoms with E-state index in [1.165, 1.54) is 0 Å². The maximum atomic E-state index is 12.6. The molecule has 2 heterocycles. The molecule has 0 radical (unpaired) electrons. The van der Waals surface area contributed by atoms with Crippen LogP contribution in [0, 0.1) is 6.92 Å². The third-order valence-electron chi connectivity index (χ3n) is 4.73. The third-order valence-corrected chi connectivity index (χ3v) is 4.73. The normalized spacial score (nSPS) is 14.1. The molecular formula is C21H28N4O3. The van der Waals surface area contributed by atoms with Gasteiger partial charge in [-0.2, -0.15) is 4.98 Å². The minimum absolute atomic E-state index is 0.149. The third kappa shape index (κ3) is 5.12. The van der Waals surface area contributed by atoms with Crippen LogP contribution in [-0.2, 0) is 11.2 Å². The Morgan fingerprint density at radius 2 is 1.82 bits per heavy atom. The highest BCUT2D eigenvalue weighted by atomic mass is 16.5. The number of anilines is 1. The highest BCUT2D eigenvalue weighted by molar-refractivity contribution is 5.79. The Hall–Kier alpha value is -2.83. The molecule has 0 aliphatic carbocycles. The molecule has 7 heteroatoms. The van der Waals surface area contributed by atoms with Gasteiger partial charge in [0.15, 0.2) is 0 Å². The summed E-state index contributed by atoms with van der Waals surface area (Å²) in [6.45, 7) is 7.44. The minimum atomic E-state index is 0.149. The standard InChI is InChI=1S/C21H28N4O3/c1-4-13-28-20-15-19(22-16(2)23-20)24-9-11-25(12-10-24)21(26)14-17-5-7-18(27-3)8-6-17/h5-8,15H,4,9-14H2,1-3H3. The zero-order valence-corrected chi connectivity index (χ0v) is 16.9. The van der Waals surface area contributed by atoms with E-state index < -0.39 is 0 Å². The summed E-state index contributed by atoms with van der Waals surface area (Å²) in [6, 6.07) is 9.53. The molecule has 1 saturated heterocycles. The van der Waals surface area contributed by atoms with Gasteiger partial charge >= 0.3 is 0 Å². The number of nitrogens with zero attached hydrogens (tertiary/aromatic N) is 4. The Labute approximate surface area is 166 Å². The lowest BCUT2D eigenvalue weighted by Gasteiger charge is -2.35. The molecule has 1 amide bonds. The summed E-state index contributed by atoms with van der Waals surface area (Å²) in [4.78, 5) is 25.6. The maximum Gasteiger partial charge on any atom is 0.227 e. The molecule has 1 fully saturated rings. The SMILES string of the molecule is CCCOc1cc(N2CCN(C(=O)Cc3ccc(OC)cc3)CC2)nc(C)n1. The van der Waals surface area contributed by atoms with Crippen LogP contribution in [-0.4, -0.2) is 60.7 Å². The van der Waals surface area contributed by atoms with Gasteiger partial charge in [-0.05, 0) is 31.0 Å². The molecule has 1 aliphatic heterocycles. The monoisotopic (exact) mass is 384 g/mol. The lowest BCUT2D eigenvalue weighted by atomic mass is 10.1. The number of aryl methyl sites for hydroxylation is 1. The second-order valence-corrected chi connectivity index (χ2v) is 6.85. The molecular weight excluding hydrogens is 356 g/mol. The molecule has 1 aliphatic rings. The van der Waals surface area contributed by atoms with E-state index in [9.17, 15) is 4.79 Å². The Kier molecular flexibility index (Phi) is 6.68. The van der Waals surface area contributed by atoms with Gasteiger partial charge in [0.2, 0.25) is 11.8 Å². The topological polar surface area (TPSA) is 67.8 Å². The molecule has 28 heavy (non-hydrogen) atoms. The van der Waals surface area contributed by atoms with Gasteiger partial charge in [0.25, 0.3) is 0 Å². The lowest BCUT2D eigenvalue weighted by Crippen LogP contribution is -2.49. The fourth-order valence-electron chi connectivity index (χ4n) is 3.18. The van der Waals surface area contributed by atoms with Gasteiger partial charge in [-0.3, -0.25) is 4.79 Å². The summed E-state index contributed by atoms with van der Waals surface area (Å²) in [7, 11) is 1.64. The largest absolute Gasteiger partial charge is 0.497 e. The summed E-state index contributed by atoms with van der Waals surface area (Å²) < 4.78 is 10.8. The molecule has 2 aromatic rings. The van der Waals surface area contributed by atoms with Crippen LogP contribution in [0.15, 0.2) is 30.3 Å². The summed E-state index contributed by atoms with van der Waals surface area (Å²) >= 11 is 0. The van der Waals surface area contributed by atoms with E-state index in [0.29, 0.717) is 37.8 Å². The van der Waals surface area contributed by atoms with Crippen molar-refractivity contribution in [2.45, 2.75) is 26.7 Å². The number of amides is 1. The van der Waals surface area contributed by atoms with Crippen LogP contribution in [0.1, 0.15) is 24.7 Å². The maximum absolute atomic E-state index is 12.6. The van der Waals surface area contributed by atoms with Crippen molar-refractivity contribution in [3.8, 4) is 11.6 Å². The Morgan fingerprint density at radius 3 is 2.46 bits per heavy atom. The summed E-state index contributed by atoms with van der Waals surface area (Å²) in [6.07, 6.45) is 1.35. The molecule has 150 valence electrons. The van der Waals surface area contributed by atoms with E-state index >= 15 is 0 Å². The average molecular weight is 384 g/mol. The zero-order valence-electron chi connectivity index (χ0n) is 16.9. The van der Waals surface area contributed by atoms with E-state index in [4.69, 9.17) is 9.47 Å². The molecule has 7 nitrogen and oxygen atoms in total. The number of aromatic nitrogens is 2. The minimum Gasteiger partial charge on any atom is -0.497 e. The van der Waals surface area contributed by atoms with Crippen LogP contribution in [0.5, 0.6) is 11.6 Å². The predicted octanol–water partition coefficient (Wildman–Crippen LogP) is 2.47. The van der Waals surface area contributed by atoms with Crippen molar-refractivity contribution >= 4 is 11.7 Å². The molecule has 0 N–H and O–H groups in total. The first-order valence-electron chi connectivity index (χ1n) is 9.73. The average Bonchev–Trinajstić information content (AvgIpc) is 2.72. The van der Waals surface area contributed by atoms with E-state index in [0.717, 1.165) is 36.6 Å². The number of methoxy groups -OCH3 is 1. The summed E-state index contributed by atoms with van der Waals surface area (Å²) in [5.41, 5.74) is 0.998. The molecule has 0 saturated carbocycles. The quantitative estimate of drug-likeness (QED) is 0.731. The number of ether oxygens (including phenoxy) is 2. The number of carbonyl (C=O) groups is 1. The van der Waals surface area contributed by atoms with Crippen molar-refractivity contribution in [1.29, 1.82) is 0 Å². The number of rotatable bonds is 7. The van der Waals surface area contributed by atoms with Crippen molar-refractivity contribution in [1.82, 2.24) is 14.9 Å². The number of benzene rings is 1. The van der Waals surface area contributed by atoms with Gasteiger partial charge < -0.3 is 19.3 Å². The van der Waals surface area contributed by atoms with E-state index in [2.05, 4.69) is 21.8 Å². The second-order valence-electron chi connectivity index (χ2n) is 6.85. The molecule has 0 atom stereocenters. The van der Waals surface area contributed by atoms with Crippen LogP contribution < -0.4 is 14.4 Å². The second kappa shape index (κ2) is 9.39. The van der Waals surface area contributed by atoms with Gasteiger partial charge in [0.05, 0.1) is 20.1 Å². The van der Waals surface area contributed by atoms with Crippen LogP contribution in [0.4, 0.5) is 5.82 Å². The fraction of sp³-hybridized carbons (Fsp3) is 0.476. The van der Waals surface area contributed by atoms with Crippen LogP contribution >= 0.6 is 0 Å². The van der Waals surface area contributed by atoms with E-state index in [1.54, 1.807) is 7.11 Å². The van der Waals surface area contributed by atoms with Crippen molar-refractivity contribution in [2.75, 3.05) is 44.8 Å². The number of carbonyl (C=O) groups excluding carboxylic acids is 1. The Balaban J connectivity index is 1.56. The van der Waals surface area contributed by atoms with Gasteiger partial charge in [0.1, 0.15) is 17.4 Å². The molecule has 0 unspecified atom stereocenters. The summed E-state index contributed by atoms with van der Waals surface area (Å²) in [5.74, 6) is 3.12. The highest BCUT2D eigenvalue weighted by Gasteiger charge is 2.22. The number of hydrogen-bond donors (Lipinski definition) is 0. The van der Waals surface area contributed by atoms with Crippen molar-refractivity contribution in [3.05, 3.63) is 41.7 Å². The van der Waals surface area contributed by atoms with Gasteiger partial charge in [-0.15, -0.1) is 0 Å². The smallest absolute Gasteiger partial charge is 0.227 e. The van der Waals surface area contributed by atoms with E-state index in [1.807, 2.05) is 42.2 Å². The van der Waals surface area contributed by atoms with Crippen LogP contribution in [0.25, 0.3) is 0 Å². The number of piperazine rings is 1. The zero-order chi connectivity index (χ0) is 19.9. The van der Waals surface area contributed by atoms with Gasteiger partial charge in [-0.1, -0.05) is 19.1 Å². The Morgan fingerprint density at radius 1 is 1.11 bits per heavy atom. The molecule has 1 aromatic heterocycles. The van der Waals surface area contributed by atoms with Gasteiger partial charge in [-0.25, -0.2) is 4.98 Å². The molecule has 0 spiro atoms. The van der Waals surface area contributed by atoms with E-state index in [-0.39, 0.29) is 5.91 Å². The molecule has 0 bridgehead atoms. The number of hydrogen-bond acceptors (Lipinski definition) is 6. The van der Waals surface area contributed by atoms with Crippen LogP contribution in [0.2, 0.25) is 0 Å². The molecule has 3 rings (SSSR count). The highest BCUT2D eigenvalue weighted by Crippen LogP contribution is 2.20. The first-order valence-corrected chi connectivity index (χ1v) is 9.73. The first-order chi connectivity index (χ1) is 13.6.